The van der Waals surface area contributed by atoms with Crippen LogP contribution >= 0.6 is 0 Å². The monoisotopic (exact) mass is 493 g/mol. The number of ether oxygens (including phenoxy) is 2. The molecular weight excluding hydrogens is 464 g/mol. The van der Waals surface area contributed by atoms with E-state index in [1.54, 1.807) is 0 Å². The number of carbonyl (C=O) groups is 1. The third-order valence-electron chi connectivity index (χ3n) is 6.71. The topological polar surface area (TPSA) is 62.8 Å². The predicted octanol–water partition coefficient (Wildman–Crippen LogP) is 3.79. The zero-order valence-corrected chi connectivity index (χ0v) is 19.9. The van der Waals surface area contributed by atoms with E-state index in [1.807, 2.05) is 48.5 Å². The van der Waals surface area contributed by atoms with Crippen LogP contribution in [0.2, 0.25) is 0 Å². The van der Waals surface area contributed by atoms with Crippen LogP contribution in [0.5, 0.6) is 11.5 Å². The summed E-state index contributed by atoms with van der Waals surface area (Å²) in [5.74, 6) is 0.273. The van der Waals surface area contributed by atoms with Crippen molar-refractivity contribution in [1.82, 2.24) is 15.5 Å². The molecule has 2 N–H and O–H groups in total. The molecule has 8 heteroatoms. The lowest BCUT2D eigenvalue weighted by atomic mass is 10.1. The molecule has 0 radical (unpaired) electrons. The predicted molar refractivity (Wildman–Crippen MR) is 132 cm³/mol. The fourth-order valence-electron chi connectivity index (χ4n) is 4.81. The molecule has 2 atom stereocenters. The molecule has 36 heavy (non-hydrogen) atoms. The average molecular weight is 494 g/mol. The highest BCUT2D eigenvalue weighted by atomic mass is 19.1. The summed E-state index contributed by atoms with van der Waals surface area (Å²) >= 11 is 0. The Hall–Kier alpha value is -3.49. The summed E-state index contributed by atoms with van der Waals surface area (Å²) in [6.07, 6.45) is 1.22. The number of nitrogens with one attached hydrogen (secondary N) is 2. The third-order valence-corrected chi connectivity index (χ3v) is 6.71. The van der Waals surface area contributed by atoms with Gasteiger partial charge in [-0.05, 0) is 48.2 Å². The minimum atomic E-state index is -0.570. The molecule has 1 amide bonds. The van der Waals surface area contributed by atoms with Crippen LogP contribution in [0.3, 0.4) is 0 Å². The molecule has 5 rings (SSSR count). The molecule has 3 aromatic carbocycles. The number of hydrogen-bond acceptors (Lipinski definition) is 5. The first-order chi connectivity index (χ1) is 17.6. The van der Waals surface area contributed by atoms with Gasteiger partial charge in [-0.1, -0.05) is 42.5 Å². The lowest BCUT2D eigenvalue weighted by Gasteiger charge is -2.23. The number of amides is 1. The van der Waals surface area contributed by atoms with Gasteiger partial charge < -0.3 is 20.1 Å². The van der Waals surface area contributed by atoms with E-state index in [1.165, 1.54) is 18.2 Å². The highest BCUT2D eigenvalue weighted by Crippen LogP contribution is 2.32. The summed E-state index contributed by atoms with van der Waals surface area (Å²) in [5.41, 5.74) is 2.18. The van der Waals surface area contributed by atoms with Gasteiger partial charge in [0.1, 0.15) is 11.6 Å². The number of nitrogens with zero attached hydrogens (tertiary/aromatic N) is 1. The Morgan fingerprint density at radius 1 is 0.944 bits per heavy atom. The van der Waals surface area contributed by atoms with Crippen molar-refractivity contribution in [3.05, 3.63) is 95.1 Å². The summed E-state index contributed by atoms with van der Waals surface area (Å²) in [5, 5.41) is 6.33. The van der Waals surface area contributed by atoms with Crippen molar-refractivity contribution in [3.8, 4) is 11.5 Å². The normalized spacial score (nSPS) is 18.9. The summed E-state index contributed by atoms with van der Waals surface area (Å²) in [6.45, 7) is 2.01. The summed E-state index contributed by atoms with van der Waals surface area (Å²) in [4.78, 5) is 15.3. The molecule has 0 aliphatic carbocycles. The summed E-state index contributed by atoms with van der Waals surface area (Å²) < 4.78 is 38.9. The standard InChI is InChI=1S/C28H29F2N3O3/c29-23-7-4-8-24(30)22(23)15-32-21-14-25(33(17-21)16-20-5-2-1-3-6-20)28(34)31-12-11-19-9-10-26-27(13-19)36-18-35-26/h1-10,13,21,25,32H,11-12,14-18H2,(H,31,34)/t21-,25+/m1/s1. The van der Waals surface area contributed by atoms with Crippen LogP contribution < -0.4 is 20.1 Å². The van der Waals surface area contributed by atoms with Gasteiger partial charge in [-0.15, -0.1) is 0 Å². The lowest BCUT2D eigenvalue weighted by Crippen LogP contribution is -2.43. The van der Waals surface area contributed by atoms with E-state index in [-0.39, 0.29) is 36.9 Å². The van der Waals surface area contributed by atoms with Crippen molar-refractivity contribution in [1.29, 1.82) is 0 Å². The number of fused-ring (bicyclic) bond motifs is 1. The number of hydrogen-bond donors (Lipinski definition) is 2. The van der Waals surface area contributed by atoms with Crippen LogP contribution in [0, 0.1) is 11.6 Å². The van der Waals surface area contributed by atoms with E-state index in [4.69, 9.17) is 9.47 Å². The fraction of sp³-hybridized carbons (Fsp3) is 0.321. The van der Waals surface area contributed by atoms with E-state index in [0.29, 0.717) is 32.5 Å². The van der Waals surface area contributed by atoms with Crippen LogP contribution in [-0.4, -0.2) is 42.8 Å². The molecule has 1 fully saturated rings. The van der Waals surface area contributed by atoms with Gasteiger partial charge in [0.2, 0.25) is 12.7 Å². The van der Waals surface area contributed by atoms with Crippen molar-refractivity contribution in [2.24, 2.45) is 0 Å². The molecule has 0 unspecified atom stereocenters. The third kappa shape index (κ3) is 5.66. The maximum atomic E-state index is 14.1. The van der Waals surface area contributed by atoms with Gasteiger partial charge in [-0.2, -0.15) is 0 Å². The molecule has 0 bridgehead atoms. The number of halogens is 2. The maximum absolute atomic E-state index is 14.1. The number of benzene rings is 3. The molecule has 2 aliphatic heterocycles. The van der Waals surface area contributed by atoms with Gasteiger partial charge in [0, 0.05) is 37.8 Å². The molecule has 6 nitrogen and oxygen atoms in total. The second kappa shape index (κ2) is 11.1. The minimum absolute atomic E-state index is 0.0173. The zero-order chi connectivity index (χ0) is 24.9. The van der Waals surface area contributed by atoms with Gasteiger partial charge >= 0.3 is 0 Å². The van der Waals surface area contributed by atoms with Crippen LogP contribution in [-0.2, 0) is 24.3 Å². The quantitative estimate of drug-likeness (QED) is 0.475. The average Bonchev–Trinajstić information content (AvgIpc) is 3.51. The lowest BCUT2D eigenvalue weighted by molar-refractivity contribution is -0.125. The van der Waals surface area contributed by atoms with Crippen molar-refractivity contribution < 1.29 is 23.0 Å². The second-order valence-corrected chi connectivity index (χ2v) is 9.17. The summed E-state index contributed by atoms with van der Waals surface area (Å²) in [7, 11) is 0. The number of carbonyl (C=O) groups excluding carboxylic acids is 1. The Kier molecular flexibility index (Phi) is 7.44. The summed E-state index contributed by atoms with van der Waals surface area (Å²) in [6, 6.07) is 19.2. The minimum Gasteiger partial charge on any atom is -0.454 e. The Morgan fingerprint density at radius 2 is 1.72 bits per heavy atom. The SMILES string of the molecule is O=C(NCCc1ccc2c(c1)OCO2)[C@@H]1C[C@@H](NCc2c(F)cccc2F)CN1Cc1ccccc1. The Balaban J connectivity index is 1.21. The van der Waals surface area contributed by atoms with Crippen molar-refractivity contribution in [2.75, 3.05) is 19.9 Å². The van der Waals surface area contributed by atoms with Crippen LogP contribution in [0.4, 0.5) is 8.78 Å². The van der Waals surface area contributed by atoms with Crippen molar-refractivity contribution in [3.63, 3.8) is 0 Å². The van der Waals surface area contributed by atoms with E-state index in [2.05, 4.69) is 15.5 Å². The van der Waals surface area contributed by atoms with Gasteiger partial charge in [-0.25, -0.2) is 8.78 Å². The maximum Gasteiger partial charge on any atom is 0.237 e. The van der Waals surface area contributed by atoms with E-state index >= 15 is 0 Å². The van der Waals surface area contributed by atoms with Gasteiger partial charge in [-0.3, -0.25) is 9.69 Å². The smallest absolute Gasteiger partial charge is 0.237 e. The first kappa shape index (κ1) is 24.2. The molecular formula is C28H29F2N3O3. The fourth-order valence-corrected chi connectivity index (χ4v) is 4.81. The van der Waals surface area contributed by atoms with Gasteiger partial charge in [0.15, 0.2) is 11.5 Å². The molecule has 1 saturated heterocycles. The Bertz CT molecular complexity index is 1190. The molecule has 0 spiro atoms. The highest BCUT2D eigenvalue weighted by molar-refractivity contribution is 5.82. The molecule has 188 valence electrons. The first-order valence-electron chi connectivity index (χ1n) is 12.2. The van der Waals surface area contributed by atoms with Gasteiger partial charge in [0.25, 0.3) is 0 Å². The Morgan fingerprint density at radius 3 is 2.53 bits per heavy atom. The first-order valence-corrected chi connectivity index (χ1v) is 12.2. The van der Waals surface area contributed by atoms with Crippen LogP contribution in [0.15, 0.2) is 66.7 Å². The molecule has 3 aromatic rings. The zero-order valence-electron chi connectivity index (χ0n) is 19.9. The highest BCUT2D eigenvalue weighted by Gasteiger charge is 2.36. The van der Waals surface area contributed by atoms with Crippen molar-refractivity contribution >= 4 is 5.91 Å². The molecule has 2 heterocycles. The van der Waals surface area contributed by atoms with E-state index in [9.17, 15) is 13.6 Å². The van der Waals surface area contributed by atoms with Gasteiger partial charge in [0.05, 0.1) is 6.04 Å². The molecule has 0 saturated carbocycles. The van der Waals surface area contributed by atoms with E-state index in [0.717, 1.165) is 22.6 Å². The van der Waals surface area contributed by atoms with Crippen LogP contribution in [0.1, 0.15) is 23.1 Å². The van der Waals surface area contributed by atoms with Crippen molar-refractivity contribution in [2.45, 2.75) is 38.0 Å². The van der Waals surface area contributed by atoms with E-state index < -0.39 is 11.6 Å². The number of likely N-dealkylation sites (tertiary alicyclic amines) is 1. The largest absolute Gasteiger partial charge is 0.454 e. The molecule has 2 aliphatic rings. The second-order valence-electron chi connectivity index (χ2n) is 9.17. The number of rotatable bonds is 9. The Labute approximate surface area is 209 Å². The molecule has 0 aromatic heterocycles. The van der Waals surface area contributed by atoms with Crippen LogP contribution in [0.25, 0.3) is 0 Å².